The molecule has 4 aliphatic carbocycles. The third-order valence-corrected chi connectivity index (χ3v) is 10.3. The van der Waals surface area contributed by atoms with Crippen LogP contribution in [0.1, 0.15) is 92.4 Å². The third kappa shape index (κ3) is 3.96. The van der Waals surface area contributed by atoms with E-state index in [1.807, 2.05) is 0 Å². The fourth-order valence-electron chi connectivity index (χ4n) is 8.60. The number of hydrogen-bond donors (Lipinski definition) is 1. The largest absolute Gasteiger partial charge is 0.470 e. The van der Waals surface area contributed by atoms with Crippen molar-refractivity contribution >= 4 is 0 Å². The monoisotopic (exact) mass is 426 g/mol. The Morgan fingerprint density at radius 3 is 2.65 bits per heavy atom. The first-order chi connectivity index (χ1) is 14.7. The van der Waals surface area contributed by atoms with Crippen LogP contribution in [0.4, 0.5) is 0 Å². The van der Waals surface area contributed by atoms with Crippen molar-refractivity contribution in [1.82, 2.24) is 0 Å². The molecule has 8 atom stereocenters. The smallest absolute Gasteiger partial charge is 0.102 e. The van der Waals surface area contributed by atoms with Gasteiger partial charge in [0, 0.05) is 5.92 Å². The highest BCUT2D eigenvalue weighted by atomic mass is 16.5. The van der Waals surface area contributed by atoms with E-state index in [0.29, 0.717) is 22.7 Å². The molecule has 4 unspecified atom stereocenters. The zero-order chi connectivity index (χ0) is 22.4. The Hall–Kier alpha value is -1.02. The lowest BCUT2D eigenvalue weighted by Crippen LogP contribution is -2.50. The van der Waals surface area contributed by atoms with Crippen molar-refractivity contribution in [2.45, 2.75) is 98.5 Å². The molecule has 2 nitrogen and oxygen atoms in total. The zero-order valence-electron chi connectivity index (χ0n) is 20.7. The second kappa shape index (κ2) is 8.73. The first-order valence-corrected chi connectivity index (χ1v) is 13.1. The number of fused-ring (bicyclic) bond motifs is 5. The number of hydrogen-bond acceptors (Lipinski definition) is 2. The quantitative estimate of drug-likeness (QED) is 0.349. The van der Waals surface area contributed by atoms with Crippen LogP contribution >= 0.6 is 0 Å². The summed E-state index contributed by atoms with van der Waals surface area (Å²) in [6.07, 6.45) is 17.4. The molecule has 0 bridgehead atoms. The number of allylic oxidation sites excluding steroid dienone is 3. The summed E-state index contributed by atoms with van der Waals surface area (Å²) in [6, 6.07) is 0. The van der Waals surface area contributed by atoms with Gasteiger partial charge in [-0.15, -0.1) is 0 Å². The summed E-state index contributed by atoms with van der Waals surface area (Å²) in [5.41, 5.74) is 2.43. The highest BCUT2D eigenvalue weighted by Gasteiger charge is 2.59. The molecule has 0 saturated heterocycles. The van der Waals surface area contributed by atoms with Gasteiger partial charge in [0.25, 0.3) is 0 Å². The van der Waals surface area contributed by atoms with Crippen LogP contribution in [0.25, 0.3) is 0 Å². The maximum Gasteiger partial charge on any atom is 0.102 e. The zero-order valence-corrected chi connectivity index (χ0v) is 20.7. The fourth-order valence-corrected chi connectivity index (χ4v) is 8.60. The SMILES string of the molecule is C=CO/C(=C\C[C@@H](C)C1CCC2C3CC=C4C[C@@H](O)CC[C@]4(C)C3CC[C@@]21C)C(C)C. The van der Waals surface area contributed by atoms with Crippen LogP contribution < -0.4 is 0 Å². The summed E-state index contributed by atoms with van der Waals surface area (Å²) in [5.74, 6) is 5.56. The third-order valence-electron chi connectivity index (χ3n) is 10.3. The molecule has 0 radical (unpaired) electrons. The van der Waals surface area contributed by atoms with E-state index in [-0.39, 0.29) is 6.10 Å². The lowest BCUT2D eigenvalue weighted by Gasteiger charge is -2.58. The summed E-state index contributed by atoms with van der Waals surface area (Å²) in [5, 5.41) is 10.2. The molecule has 0 aromatic rings. The summed E-state index contributed by atoms with van der Waals surface area (Å²) in [4.78, 5) is 0. The van der Waals surface area contributed by atoms with Gasteiger partial charge in [0.2, 0.25) is 0 Å². The van der Waals surface area contributed by atoms with Crippen molar-refractivity contribution in [3.05, 3.63) is 36.3 Å². The van der Waals surface area contributed by atoms with E-state index in [4.69, 9.17) is 4.74 Å². The number of ether oxygens (including phenoxy) is 1. The highest BCUT2D eigenvalue weighted by molar-refractivity contribution is 5.25. The van der Waals surface area contributed by atoms with Crippen molar-refractivity contribution in [1.29, 1.82) is 0 Å². The van der Waals surface area contributed by atoms with E-state index in [1.165, 1.54) is 38.5 Å². The van der Waals surface area contributed by atoms with E-state index >= 15 is 0 Å². The van der Waals surface area contributed by atoms with Gasteiger partial charge in [-0.2, -0.15) is 0 Å². The van der Waals surface area contributed by atoms with Crippen molar-refractivity contribution in [2.75, 3.05) is 0 Å². The topological polar surface area (TPSA) is 29.5 Å². The predicted molar refractivity (Wildman–Crippen MR) is 129 cm³/mol. The standard InChI is InChI=1S/C29H46O2/c1-7-31-27(19(2)3)13-8-20(4)24-11-12-25-23-10-9-21-18-22(30)14-16-28(21,5)26(23)15-17-29(24,25)6/h7,9,13,19-20,22-26,30H,1,8,10-12,14-18H2,2-6H3/b27-13-/t20-,22+,23?,24?,25?,26?,28+,29-/m1/s1. The molecular formula is C29H46O2. The van der Waals surface area contributed by atoms with Gasteiger partial charge in [-0.3, -0.25) is 0 Å². The maximum absolute atomic E-state index is 10.2. The minimum absolute atomic E-state index is 0.102. The Morgan fingerprint density at radius 2 is 1.94 bits per heavy atom. The van der Waals surface area contributed by atoms with Gasteiger partial charge in [0.15, 0.2) is 0 Å². The summed E-state index contributed by atoms with van der Waals surface area (Å²) >= 11 is 0. The second-order valence-electron chi connectivity index (χ2n) is 12.1. The van der Waals surface area contributed by atoms with Crippen LogP contribution in [-0.4, -0.2) is 11.2 Å². The van der Waals surface area contributed by atoms with Crippen molar-refractivity contribution in [2.24, 2.45) is 46.3 Å². The van der Waals surface area contributed by atoms with Crippen LogP contribution in [-0.2, 0) is 4.74 Å². The van der Waals surface area contributed by atoms with Crippen molar-refractivity contribution < 1.29 is 9.84 Å². The average molecular weight is 427 g/mol. The summed E-state index contributed by atoms with van der Waals surface area (Å²) in [6.45, 7) is 15.8. The molecule has 174 valence electrons. The van der Waals surface area contributed by atoms with E-state index < -0.39 is 0 Å². The molecule has 0 aliphatic heterocycles. The molecule has 0 aromatic carbocycles. The van der Waals surface area contributed by atoms with E-state index in [9.17, 15) is 5.11 Å². The molecule has 0 heterocycles. The molecule has 0 spiro atoms. The predicted octanol–water partition coefficient (Wildman–Crippen LogP) is 7.65. The lowest BCUT2D eigenvalue weighted by atomic mass is 9.47. The fraction of sp³-hybridized carbons (Fsp3) is 0.793. The first kappa shape index (κ1) is 23.1. The van der Waals surface area contributed by atoms with Gasteiger partial charge in [-0.25, -0.2) is 0 Å². The molecule has 1 N–H and O–H groups in total. The van der Waals surface area contributed by atoms with Crippen molar-refractivity contribution in [3.63, 3.8) is 0 Å². The average Bonchev–Trinajstić information content (AvgIpc) is 3.08. The van der Waals surface area contributed by atoms with E-state index in [0.717, 1.165) is 48.7 Å². The van der Waals surface area contributed by atoms with Gasteiger partial charge in [-0.05, 0) is 104 Å². The number of aliphatic hydroxyl groups excluding tert-OH is 1. The number of rotatable bonds is 6. The molecule has 3 fully saturated rings. The Labute approximate surface area is 191 Å². The van der Waals surface area contributed by atoms with Crippen LogP contribution in [0.3, 0.4) is 0 Å². The first-order valence-electron chi connectivity index (χ1n) is 13.1. The van der Waals surface area contributed by atoms with E-state index in [1.54, 1.807) is 11.8 Å². The maximum atomic E-state index is 10.2. The van der Waals surface area contributed by atoms with Crippen molar-refractivity contribution in [3.8, 4) is 0 Å². The number of aliphatic hydroxyl groups is 1. The summed E-state index contributed by atoms with van der Waals surface area (Å²) < 4.78 is 5.69. The Balaban J connectivity index is 1.50. The van der Waals surface area contributed by atoms with Crippen LogP contribution in [0.15, 0.2) is 36.3 Å². The Morgan fingerprint density at radius 1 is 1.16 bits per heavy atom. The molecule has 31 heavy (non-hydrogen) atoms. The molecule has 0 amide bonds. The van der Waals surface area contributed by atoms with Crippen LogP contribution in [0, 0.1) is 46.3 Å². The second-order valence-corrected chi connectivity index (χ2v) is 12.1. The van der Waals surface area contributed by atoms with Gasteiger partial charge in [0.1, 0.15) is 5.76 Å². The molecule has 2 heteroatoms. The minimum Gasteiger partial charge on any atom is -0.470 e. The summed E-state index contributed by atoms with van der Waals surface area (Å²) in [7, 11) is 0. The van der Waals surface area contributed by atoms with Crippen LogP contribution in [0.2, 0.25) is 0 Å². The Kier molecular flexibility index (Phi) is 6.52. The molecular weight excluding hydrogens is 380 g/mol. The van der Waals surface area contributed by atoms with Crippen LogP contribution in [0.5, 0.6) is 0 Å². The Bertz CT molecular complexity index is 733. The molecule has 4 aliphatic rings. The van der Waals surface area contributed by atoms with Gasteiger partial charge in [0.05, 0.1) is 12.4 Å². The lowest BCUT2D eigenvalue weighted by molar-refractivity contribution is -0.0565. The molecule has 3 saturated carbocycles. The van der Waals surface area contributed by atoms with Gasteiger partial charge >= 0.3 is 0 Å². The normalized spacial score (nSPS) is 43.5. The molecule has 4 rings (SSSR count). The molecule has 0 aromatic heterocycles. The van der Waals surface area contributed by atoms with E-state index in [2.05, 4.69) is 53.3 Å². The van der Waals surface area contributed by atoms with Gasteiger partial charge < -0.3 is 9.84 Å². The minimum atomic E-state index is -0.102. The highest BCUT2D eigenvalue weighted by Crippen LogP contribution is 2.67. The van der Waals surface area contributed by atoms with Gasteiger partial charge in [-0.1, -0.05) is 52.8 Å².